The van der Waals surface area contributed by atoms with Crippen LogP contribution >= 0.6 is 0 Å². The molecule has 27 heavy (non-hydrogen) atoms. The number of benzene rings is 1. The Morgan fingerprint density at radius 1 is 1.33 bits per heavy atom. The van der Waals surface area contributed by atoms with Gasteiger partial charge in [0.15, 0.2) is 0 Å². The Morgan fingerprint density at radius 3 is 3.04 bits per heavy atom. The molecule has 1 atom stereocenters. The molecule has 0 amide bonds. The molecule has 1 aliphatic rings. The molecule has 136 valence electrons. The molecule has 1 saturated heterocycles. The number of hydrogen-bond acceptors (Lipinski definition) is 7. The van der Waals surface area contributed by atoms with E-state index >= 15 is 0 Å². The summed E-state index contributed by atoms with van der Waals surface area (Å²) < 4.78 is 5.57. The standard InChI is InChI=1S/C20H20N6O/c1-22-18-8-7-16(12-23-18)19-24-20(27-25-19)17-6-3-9-26(17)13-15-5-2-4-14(10-15)11-21/h2,4-5,7-8,10,12,17H,3,6,9,13H2,1H3,(H,22,23)/t17-/m1/s1. The lowest BCUT2D eigenvalue weighted by atomic mass is 10.1. The molecule has 0 spiro atoms. The van der Waals surface area contributed by atoms with Crippen molar-refractivity contribution in [1.29, 1.82) is 5.26 Å². The number of aromatic nitrogens is 3. The normalized spacial score (nSPS) is 17.0. The molecule has 0 aliphatic carbocycles. The Morgan fingerprint density at radius 2 is 2.26 bits per heavy atom. The summed E-state index contributed by atoms with van der Waals surface area (Å²) in [5.74, 6) is 1.99. The Balaban J connectivity index is 1.52. The molecule has 1 aliphatic heterocycles. The van der Waals surface area contributed by atoms with Crippen LogP contribution in [0, 0.1) is 11.3 Å². The largest absolute Gasteiger partial charge is 0.373 e. The van der Waals surface area contributed by atoms with E-state index < -0.39 is 0 Å². The van der Waals surface area contributed by atoms with Crippen molar-refractivity contribution in [3.05, 3.63) is 59.6 Å². The summed E-state index contributed by atoms with van der Waals surface area (Å²) in [5, 5.41) is 16.2. The van der Waals surface area contributed by atoms with E-state index in [1.807, 2.05) is 43.4 Å². The second-order valence-corrected chi connectivity index (χ2v) is 6.58. The molecule has 7 heteroatoms. The predicted molar refractivity (Wildman–Crippen MR) is 101 cm³/mol. The van der Waals surface area contributed by atoms with Gasteiger partial charge >= 0.3 is 0 Å². The fraction of sp³-hybridized carbons (Fsp3) is 0.300. The van der Waals surface area contributed by atoms with Crippen LogP contribution < -0.4 is 5.32 Å². The van der Waals surface area contributed by atoms with Gasteiger partial charge in [-0.3, -0.25) is 4.90 Å². The third kappa shape index (κ3) is 3.66. The van der Waals surface area contributed by atoms with Gasteiger partial charge in [0.2, 0.25) is 11.7 Å². The van der Waals surface area contributed by atoms with E-state index in [9.17, 15) is 0 Å². The number of nitrogens with zero attached hydrogens (tertiary/aromatic N) is 5. The maximum absolute atomic E-state index is 9.09. The van der Waals surface area contributed by atoms with Gasteiger partial charge in [0, 0.05) is 25.4 Å². The Kier molecular flexibility index (Phi) is 4.81. The lowest BCUT2D eigenvalue weighted by molar-refractivity contribution is 0.201. The minimum absolute atomic E-state index is 0.0986. The molecule has 0 radical (unpaired) electrons. The molecule has 1 N–H and O–H groups in total. The lowest BCUT2D eigenvalue weighted by Crippen LogP contribution is -2.23. The highest BCUT2D eigenvalue weighted by molar-refractivity contribution is 5.55. The highest BCUT2D eigenvalue weighted by Crippen LogP contribution is 2.33. The lowest BCUT2D eigenvalue weighted by Gasteiger charge is -2.21. The molecule has 1 fully saturated rings. The number of hydrogen-bond donors (Lipinski definition) is 1. The maximum Gasteiger partial charge on any atom is 0.244 e. The van der Waals surface area contributed by atoms with Crippen LogP contribution in [0.4, 0.5) is 5.82 Å². The first-order valence-corrected chi connectivity index (χ1v) is 8.97. The molecule has 7 nitrogen and oxygen atoms in total. The third-order valence-electron chi connectivity index (χ3n) is 4.81. The highest BCUT2D eigenvalue weighted by atomic mass is 16.5. The van der Waals surface area contributed by atoms with Gasteiger partial charge in [-0.1, -0.05) is 17.3 Å². The van der Waals surface area contributed by atoms with Crippen LogP contribution in [0.25, 0.3) is 11.4 Å². The van der Waals surface area contributed by atoms with Crippen molar-refractivity contribution >= 4 is 5.82 Å². The summed E-state index contributed by atoms with van der Waals surface area (Å²) in [6.45, 7) is 1.73. The minimum Gasteiger partial charge on any atom is -0.373 e. The SMILES string of the molecule is CNc1ccc(-c2noc([C@H]3CCCN3Cc3cccc(C#N)c3)n2)cn1. The zero-order valence-corrected chi connectivity index (χ0v) is 15.1. The minimum atomic E-state index is 0.0986. The fourth-order valence-corrected chi connectivity index (χ4v) is 3.43. The number of likely N-dealkylation sites (tertiary alicyclic amines) is 1. The van der Waals surface area contributed by atoms with Gasteiger partial charge in [0.05, 0.1) is 17.7 Å². The number of rotatable bonds is 5. The molecule has 4 rings (SSSR count). The first-order chi connectivity index (χ1) is 13.3. The second kappa shape index (κ2) is 7.56. The highest BCUT2D eigenvalue weighted by Gasteiger charge is 2.30. The van der Waals surface area contributed by atoms with Gasteiger partial charge in [-0.05, 0) is 49.2 Å². The average molecular weight is 360 g/mol. The van der Waals surface area contributed by atoms with Crippen molar-refractivity contribution < 1.29 is 4.52 Å². The van der Waals surface area contributed by atoms with Crippen LogP contribution in [0.1, 0.15) is 35.9 Å². The van der Waals surface area contributed by atoms with Gasteiger partial charge in [-0.25, -0.2) is 4.98 Å². The van der Waals surface area contributed by atoms with E-state index in [4.69, 9.17) is 9.78 Å². The van der Waals surface area contributed by atoms with Gasteiger partial charge in [-0.2, -0.15) is 10.2 Å². The summed E-state index contributed by atoms with van der Waals surface area (Å²) in [6, 6.07) is 13.8. The van der Waals surface area contributed by atoms with Crippen molar-refractivity contribution in [3.8, 4) is 17.5 Å². The summed E-state index contributed by atoms with van der Waals surface area (Å²) in [5.41, 5.74) is 2.63. The summed E-state index contributed by atoms with van der Waals surface area (Å²) in [7, 11) is 1.83. The molecular formula is C20H20N6O. The summed E-state index contributed by atoms with van der Waals surface area (Å²) in [6.07, 6.45) is 3.80. The van der Waals surface area contributed by atoms with Crippen molar-refractivity contribution in [2.45, 2.75) is 25.4 Å². The second-order valence-electron chi connectivity index (χ2n) is 6.58. The number of nitrogens with one attached hydrogen (secondary N) is 1. The van der Waals surface area contributed by atoms with Gasteiger partial charge in [0.25, 0.3) is 0 Å². The Labute approximate surface area is 157 Å². The van der Waals surface area contributed by atoms with Crippen molar-refractivity contribution in [2.24, 2.45) is 0 Å². The van der Waals surface area contributed by atoms with E-state index in [1.54, 1.807) is 6.20 Å². The number of anilines is 1. The molecule has 0 bridgehead atoms. The van der Waals surface area contributed by atoms with Crippen LogP contribution in [-0.2, 0) is 6.54 Å². The zero-order chi connectivity index (χ0) is 18.6. The monoisotopic (exact) mass is 360 g/mol. The molecule has 2 aromatic heterocycles. The van der Waals surface area contributed by atoms with E-state index in [2.05, 4.69) is 31.4 Å². The van der Waals surface area contributed by atoms with Gasteiger partial charge < -0.3 is 9.84 Å². The van der Waals surface area contributed by atoms with E-state index in [0.29, 0.717) is 17.3 Å². The molecule has 0 saturated carbocycles. The predicted octanol–water partition coefficient (Wildman–Crippen LogP) is 3.38. The van der Waals surface area contributed by atoms with Gasteiger partial charge in [0.1, 0.15) is 5.82 Å². The van der Waals surface area contributed by atoms with E-state index in [-0.39, 0.29) is 6.04 Å². The number of pyridine rings is 1. The zero-order valence-electron chi connectivity index (χ0n) is 15.1. The van der Waals surface area contributed by atoms with Crippen molar-refractivity contribution in [3.63, 3.8) is 0 Å². The Bertz CT molecular complexity index is 959. The van der Waals surface area contributed by atoms with Crippen LogP contribution in [0.5, 0.6) is 0 Å². The molecule has 3 heterocycles. The summed E-state index contributed by atoms with van der Waals surface area (Å²) >= 11 is 0. The van der Waals surface area contributed by atoms with E-state index in [0.717, 1.165) is 42.9 Å². The van der Waals surface area contributed by atoms with Crippen LogP contribution in [0.2, 0.25) is 0 Å². The first kappa shape index (κ1) is 17.2. The Hall–Kier alpha value is -3.24. The van der Waals surface area contributed by atoms with E-state index in [1.165, 1.54) is 0 Å². The summed E-state index contributed by atoms with van der Waals surface area (Å²) in [4.78, 5) is 11.2. The molecular weight excluding hydrogens is 340 g/mol. The smallest absolute Gasteiger partial charge is 0.244 e. The average Bonchev–Trinajstić information content (AvgIpc) is 3.37. The van der Waals surface area contributed by atoms with Crippen LogP contribution in [0.15, 0.2) is 47.1 Å². The van der Waals surface area contributed by atoms with Gasteiger partial charge in [-0.15, -0.1) is 0 Å². The third-order valence-corrected chi connectivity index (χ3v) is 4.81. The maximum atomic E-state index is 9.09. The quantitative estimate of drug-likeness (QED) is 0.746. The van der Waals surface area contributed by atoms with Crippen molar-refractivity contribution in [1.82, 2.24) is 20.0 Å². The number of nitriles is 1. The molecule has 0 unspecified atom stereocenters. The molecule has 3 aromatic rings. The first-order valence-electron chi connectivity index (χ1n) is 8.97. The molecule has 1 aromatic carbocycles. The van der Waals surface area contributed by atoms with Crippen molar-refractivity contribution in [2.75, 3.05) is 18.9 Å². The van der Waals surface area contributed by atoms with Crippen LogP contribution in [0.3, 0.4) is 0 Å². The fourth-order valence-electron chi connectivity index (χ4n) is 3.43. The topological polar surface area (TPSA) is 90.9 Å². The van der Waals surface area contributed by atoms with Crippen LogP contribution in [-0.4, -0.2) is 33.6 Å².